The molecule has 0 aromatic rings. The first kappa shape index (κ1) is 49.5. The van der Waals surface area contributed by atoms with Gasteiger partial charge < -0.3 is 19.4 Å². The van der Waals surface area contributed by atoms with Crippen molar-refractivity contribution in [3.8, 4) is 0 Å². The second-order valence-corrected chi connectivity index (χ2v) is 17.5. The van der Waals surface area contributed by atoms with Gasteiger partial charge in [0.25, 0.3) is 0 Å². The molecule has 1 aliphatic rings. The van der Waals surface area contributed by atoms with Crippen LogP contribution in [0.1, 0.15) is 206 Å². The average molecular weight is 746 g/mol. The van der Waals surface area contributed by atoms with Gasteiger partial charge in [0.15, 0.2) is 0 Å². The Kier molecular flexibility index (Phi) is 32.6. The van der Waals surface area contributed by atoms with Crippen molar-refractivity contribution in [2.24, 2.45) is 0 Å². The van der Waals surface area contributed by atoms with Crippen LogP contribution in [-0.2, 0) is 4.79 Å². The standard InChI is InChI=1S/C47H92N4O2/c1-6-8-10-12-14-16-18-20-22-24-26-28-30-32-34-36-38-48-40-41-49(43-45-50(44-42-48)46(47(52)53)51(3,4)5)39-37-35-33-31-29-27-25-23-21-19-17-15-13-11-9-7-2/h36-39,46H,6-35,40-45H2,1-5H3/p+1/b38-36+,39-37+. The Labute approximate surface area is 331 Å². The van der Waals surface area contributed by atoms with Gasteiger partial charge in [-0.3, -0.25) is 0 Å². The molecule has 0 aromatic carbocycles. The van der Waals surface area contributed by atoms with E-state index in [4.69, 9.17) is 0 Å². The third kappa shape index (κ3) is 29.4. The van der Waals surface area contributed by atoms with Crippen molar-refractivity contribution in [1.29, 1.82) is 0 Å². The zero-order valence-electron chi connectivity index (χ0n) is 36.5. The van der Waals surface area contributed by atoms with Gasteiger partial charge in [-0.15, -0.1) is 0 Å². The molecule has 0 saturated carbocycles. The van der Waals surface area contributed by atoms with Crippen LogP contribution >= 0.6 is 0 Å². The van der Waals surface area contributed by atoms with Crippen LogP contribution < -0.4 is 0 Å². The first-order valence-corrected chi connectivity index (χ1v) is 23.4. The summed E-state index contributed by atoms with van der Waals surface area (Å²) in [4.78, 5) is 19.5. The molecular weight excluding hydrogens is 653 g/mol. The molecule has 1 heterocycles. The summed E-state index contributed by atoms with van der Waals surface area (Å²) < 4.78 is 0.402. The van der Waals surface area contributed by atoms with E-state index in [0.717, 1.165) is 52.1 Å². The zero-order valence-corrected chi connectivity index (χ0v) is 36.5. The Morgan fingerprint density at radius 2 is 0.736 bits per heavy atom. The molecule has 6 nitrogen and oxygen atoms in total. The molecule has 0 bridgehead atoms. The molecule has 0 aliphatic carbocycles. The molecule has 312 valence electrons. The van der Waals surface area contributed by atoms with Gasteiger partial charge in [-0.1, -0.05) is 193 Å². The summed E-state index contributed by atoms with van der Waals surface area (Å²) in [6.07, 6.45) is 50.2. The van der Waals surface area contributed by atoms with Crippen LogP contribution in [0.15, 0.2) is 24.6 Å². The number of likely N-dealkylation sites (N-methyl/N-ethyl adjacent to an activating group) is 1. The number of hydrogen-bond donors (Lipinski definition) is 1. The second-order valence-electron chi connectivity index (χ2n) is 17.5. The van der Waals surface area contributed by atoms with E-state index < -0.39 is 12.1 Å². The highest BCUT2D eigenvalue weighted by Gasteiger charge is 2.37. The molecule has 1 unspecified atom stereocenters. The van der Waals surface area contributed by atoms with Crippen LogP contribution in [0.4, 0.5) is 0 Å². The van der Waals surface area contributed by atoms with E-state index in [9.17, 15) is 9.90 Å². The van der Waals surface area contributed by atoms with Crippen molar-refractivity contribution in [1.82, 2.24) is 14.7 Å². The molecule has 1 rings (SSSR count). The van der Waals surface area contributed by atoms with Gasteiger partial charge in [0.2, 0.25) is 6.17 Å². The summed E-state index contributed by atoms with van der Waals surface area (Å²) >= 11 is 0. The monoisotopic (exact) mass is 746 g/mol. The zero-order chi connectivity index (χ0) is 38.7. The Balaban J connectivity index is 2.38. The Bertz CT molecular complexity index is 815. The lowest BCUT2D eigenvalue weighted by atomic mass is 10.0. The average Bonchev–Trinajstić information content (AvgIpc) is 3.21. The van der Waals surface area contributed by atoms with Crippen LogP contribution in [-0.4, -0.2) is 96.8 Å². The molecule has 6 heteroatoms. The van der Waals surface area contributed by atoms with E-state index in [1.165, 1.54) is 180 Å². The van der Waals surface area contributed by atoms with Crippen molar-refractivity contribution < 1.29 is 14.4 Å². The Morgan fingerprint density at radius 3 is 1.00 bits per heavy atom. The van der Waals surface area contributed by atoms with Crippen molar-refractivity contribution in [3.63, 3.8) is 0 Å². The number of carboxylic acids is 1. The van der Waals surface area contributed by atoms with E-state index >= 15 is 0 Å². The molecule has 1 atom stereocenters. The normalized spacial score (nSPS) is 15.7. The van der Waals surface area contributed by atoms with Gasteiger partial charge in [0.05, 0.1) is 21.1 Å². The van der Waals surface area contributed by atoms with E-state index in [-0.39, 0.29) is 0 Å². The molecule has 1 aliphatic heterocycles. The number of hydrogen-bond acceptors (Lipinski definition) is 4. The second kappa shape index (κ2) is 34.9. The number of unbranched alkanes of at least 4 members (excludes halogenated alkanes) is 28. The van der Waals surface area contributed by atoms with Gasteiger partial charge in [0, 0.05) is 39.3 Å². The molecule has 0 amide bonds. The first-order chi connectivity index (χ1) is 25.8. The number of carbonyl (C=O) groups is 1. The molecule has 1 saturated heterocycles. The van der Waals surface area contributed by atoms with E-state index in [1.54, 1.807) is 0 Å². The van der Waals surface area contributed by atoms with Crippen LogP contribution in [0.5, 0.6) is 0 Å². The van der Waals surface area contributed by atoms with Crippen LogP contribution in [0.3, 0.4) is 0 Å². The molecule has 0 radical (unpaired) electrons. The van der Waals surface area contributed by atoms with E-state index in [0.29, 0.717) is 4.48 Å². The largest absolute Gasteiger partial charge is 0.476 e. The van der Waals surface area contributed by atoms with Crippen molar-refractivity contribution in [3.05, 3.63) is 24.6 Å². The minimum atomic E-state index is -0.725. The van der Waals surface area contributed by atoms with Crippen molar-refractivity contribution in [2.45, 2.75) is 213 Å². The Hall–Kier alpha value is -1.53. The SMILES string of the molecule is CCCCCCCCCCCCCCCC/C=C/N1CCN(/C=C/CCCCCCCCCCCCCCCC)CCN(C(C(=O)O)[N+](C)(C)C)CC1. The van der Waals surface area contributed by atoms with E-state index in [2.05, 4.69) is 53.1 Å². The molecule has 53 heavy (non-hydrogen) atoms. The fraction of sp³-hybridized carbons (Fsp3) is 0.894. The van der Waals surface area contributed by atoms with Gasteiger partial charge in [-0.2, -0.15) is 0 Å². The minimum absolute atomic E-state index is 0.402. The predicted molar refractivity (Wildman–Crippen MR) is 232 cm³/mol. The number of rotatable bonds is 35. The van der Waals surface area contributed by atoms with Crippen LogP contribution in [0.2, 0.25) is 0 Å². The van der Waals surface area contributed by atoms with Crippen molar-refractivity contribution in [2.75, 3.05) is 60.4 Å². The third-order valence-electron chi connectivity index (χ3n) is 11.4. The molecule has 0 spiro atoms. The number of allylic oxidation sites excluding steroid dienone is 2. The topological polar surface area (TPSA) is 47.0 Å². The quantitative estimate of drug-likeness (QED) is 0.0517. The van der Waals surface area contributed by atoms with Gasteiger partial charge in [-0.05, 0) is 38.1 Å². The highest BCUT2D eigenvalue weighted by molar-refractivity contribution is 5.71. The van der Waals surface area contributed by atoms with Gasteiger partial charge in [0.1, 0.15) is 0 Å². The maximum atomic E-state index is 12.5. The third-order valence-corrected chi connectivity index (χ3v) is 11.4. The van der Waals surface area contributed by atoms with Crippen LogP contribution in [0, 0.1) is 0 Å². The molecule has 0 aromatic heterocycles. The number of nitrogens with zero attached hydrogens (tertiary/aromatic N) is 4. The number of quaternary nitrogens is 1. The summed E-state index contributed by atoms with van der Waals surface area (Å²) in [5, 5.41) is 10.2. The fourth-order valence-corrected chi connectivity index (χ4v) is 7.99. The lowest BCUT2D eigenvalue weighted by molar-refractivity contribution is -0.899. The summed E-state index contributed by atoms with van der Waals surface area (Å²) in [5.41, 5.74) is 0. The first-order valence-electron chi connectivity index (χ1n) is 23.4. The van der Waals surface area contributed by atoms with Gasteiger partial charge >= 0.3 is 5.97 Å². The fourth-order valence-electron chi connectivity index (χ4n) is 7.99. The number of aliphatic carboxylic acids is 1. The molecular formula is C47H93N4O2+. The highest BCUT2D eigenvalue weighted by Crippen LogP contribution is 2.17. The lowest BCUT2D eigenvalue weighted by Gasteiger charge is -2.39. The number of carboxylic acid groups (broad SMARTS) is 1. The Morgan fingerprint density at radius 1 is 0.472 bits per heavy atom. The molecule has 1 fully saturated rings. The molecule has 1 N–H and O–H groups in total. The maximum Gasteiger partial charge on any atom is 0.379 e. The maximum absolute atomic E-state index is 12.5. The van der Waals surface area contributed by atoms with Crippen molar-refractivity contribution >= 4 is 5.97 Å². The summed E-state index contributed by atoms with van der Waals surface area (Å²) in [5.74, 6) is -0.725. The predicted octanol–water partition coefficient (Wildman–Crippen LogP) is 12.8. The summed E-state index contributed by atoms with van der Waals surface area (Å²) in [6, 6.07) is 0. The smallest absolute Gasteiger partial charge is 0.379 e. The minimum Gasteiger partial charge on any atom is -0.476 e. The summed E-state index contributed by atoms with van der Waals surface area (Å²) in [6.45, 7) is 9.83. The summed E-state index contributed by atoms with van der Waals surface area (Å²) in [7, 11) is 6.02. The highest BCUT2D eigenvalue weighted by atomic mass is 16.4. The van der Waals surface area contributed by atoms with E-state index in [1.807, 2.05) is 21.1 Å². The lowest BCUT2D eigenvalue weighted by Crippen LogP contribution is -2.61. The van der Waals surface area contributed by atoms with Crippen LogP contribution in [0.25, 0.3) is 0 Å². The van der Waals surface area contributed by atoms with Gasteiger partial charge in [-0.25, -0.2) is 9.69 Å².